The van der Waals surface area contributed by atoms with E-state index in [4.69, 9.17) is 5.73 Å². The van der Waals surface area contributed by atoms with Crippen LogP contribution >= 0.6 is 0 Å². The second-order valence-corrected chi connectivity index (χ2v) is 3.04. The van der Waals surface area contributed by atoms with Gasteiger partial charge in [0, 0.05) is 18.3 Å². The van der Waals surface area contributed by atoms with Crippen LogP contribution in [0.1, 0.15) is 18.5 Å². The normalized spacial score (nSPS) is 20.8. The summed E-state index contributed by atoms with van der Waals surface area (Å²) in [5.41, 5.74) is 6.15. The molecule has 0 bridgehead atoms. The van der Waals surface area contributed by atoms with Gasteiger partial charge in [0.05, 0.1) is 6.20 Å². The molecule has 14 heavy (non-hydrogen) atoms. The predicted octanol–water partition coefficient (Wildman–Crippen LogP) is -0.611. The molecule has 0 fully saturated rings. The van der Waals surface area contributed by atoms with E-state index in [1.165, 1.54) is 0 Å². The van der Waals surface area contributed by atoms with E-state index in [2.05, 4.69) is 15.4 Å². The lowest BCUT2D eigenvalue weighted by molar-refractivity contribution is -0.120. The first-order chi connectivity index (χ1) is 6.70. The van der Waals surface area contributed by atoms with E-state index in [9.17, 15) is 4.79 Å². The van der Waals surface area contributed by atoms with Crippen molar-refractivity contribution >= 4 is 11.9 Å². The summed E-state index contributed by atoms with van der Waals surface area (Å²) in [5.74, 6) is -0.0256. The van der Waals surface area contributed by atoms with Crippen LogP contribution in [0.2, 0.25) is 0 Å². The first kappa shape index (κ1) is 8.74. The number of hydrogen-bond donors (Lipinski definition) is 2. The highest BCUT2D eigenvalue weighted by Gasteiger charge is 2.27. The summed E-state index contributed by atoms with van der Waals surface area (Å²) < 4.78 is 1.74. The van der Waals surface area contributed by atoms with Crippen molar-refractivity contribution in [3.63, 3.8) is 0 Å². The quantitative estimate of drug-likeness (QED) is 0.657. The van der Waals surface area contributed by atoms with Crippen molar-refractivity contribution in [3.8, 4) is 0 Å². The molecule has 0 aliphatic carbocycles. The van der Waals surface area contributed by atoms with Crippen molar-refractivity contribution in [3.05, 3.63) is 18.0 Å². The third-order valence-corrected chi connectivity index (χ3v) is 2.06. The maximum absolute atomic E-state index is 11.3. The van der Waals surface area contributed by atoms with Crippen LogP contribution in [0.5, 0.6) is 0 Å². The fourth-order valence-corrected chi connectivity index (χ4v) is 1.34. The number of hydrogen-bond acceptors (Lipinski definition) is 4. The molecule has 0 saturated carbocycles. The van der Waals surface area contributed by atoms with Gasteiger partial charge in [0.15, 0.2) is 12.0 Å². The molecule has 0 spiro atoms. The number of nitrogens with zero attached hydrogens (tertiary/aromatic N) is 3. The van der Waals surface area contributed by atoms with Gasteiger partial charge >= 0.3 is 0 Å². The number of guanidine groups is 1. The van der Waals surface area contributed by atoms with Gasteiger partial charge in [-0.05, 0) is 6.92 Å². The first-order valence-electron chi connectivity index (χ1n) is 4.37. The standard InChI is InChI=1S/C8H11N5O/c1-2-13-4-5(3-10-13)6-7(14)12-8(9)11-6/h3-4,6H,2H2,1H3,(H3,9,11,12,14). The van der Waals surface area contributed by atoms with Crippen molar-refractivity contribution in [1.82, 2.24) is 15.1 Å². The van der Waals surface area contributed by atoms with Crippen LogP contribution in [-0.2, 0) is 11.3 Å². The minimum absolute atomic E-state index is 0.171. The number of aliphatic imine (C=N–C) groups is 1. The molecule has 1 aliphatic rings. The van der Waals surface area contributed by atoms with Crippen molar-refractivity contribution in [1.29, 1.82) is 0 Å². The molecule has 74 valence electrons. The Balaban J connectivity index is 2.27. The van der Waals surface area contributed by atoms with E-state index < -0.39 is 6.04 Å². The molecule has 1 unspecified atom stereocenters. The Morgan fingerprint density at radius 1 is 1.71 bits per heavy atom. The maximum Gasteiger partial charge on any atom is 0.256 e. The topological polar surface area (TPSA) is 85.3 Å². The van der Waals surface area contributed by atoms with Gasteiger partial charge in [-0.3, -0.25) is 14.8 Å². The number of amides is 1. The largest absolute Gasteiger partial charge is 0.370 e. The highest BCUT2D eigenvalue weighted by Crippen LogP contribution is 2.19. The lowest BCUT2D eigenvalue weighted by Gasteiger charge is -1.98. The number of carbonyl (C=O) groups is 1. The maximum atomic E-state index is 11.3. The zero-order chi connectivity index (χ0) is 10.1. The zero-order valence-corrected chi connectivity index (χ0v) is 7.77. The summed E-state index contributed by atoms with van der Waals surface area (Å²) in [7, 11) is 0. The summed E-state index contributed by atoms with van der Waals surface area (Å²) in [4.78, 5) is 15.3. The Bertz CT molecular complexity index is 394. The summed E-state index contributed by atoms with van der Waals surface area (Å²) in [5, 5.41) is 6.51. The highest BCUT2D eigenvalue weighted by atomic mass is 16.2. The lowest BCUT2D eigenvalue weighted by Crippen LogP contribution is -2.31. The Labute approximate surface area is 80.8 Å². The average molecular weight is 193 g/mol. The molecular formula is C8H11N5O. The Morgan fingerprint density at radius 2 is 2.50 bits per heavy atom. The van der Waals surface area contributed by atoms with Crippen LogP contribution in [0.25, 0.3) is 0 Å². The summed E-state index contributed by atoms with van der Waals surface area (Å²) in [6, 6.07) is -0.532. The minimum Gasteiger partial charge on any atom is -0.370 e. The van der Waals surface area contributed by atoms with Gasteiger partial charge in [-0.15, -0.1) is 0 Å². The summed E-state index contributed by atoms with van der Waals surface area (Å²) in [6.07, 6.45) is 3.43. The molecule has 0 saturated heterocycles. The second-order valence-electron chi connectivity index (χ2n) is 3.04. The Kier molecular flexibility index (Phi) is 1.95. The van der Waals surface area contributed by atoms with E-state index in [0.717, 1.165) is 12.1 Å². The van der Waals surface area contributed by atoms with E-state index >= 15 is 0 Å². The molecule has 1 aromatic heterocycles. The number of nitrogens with one attached hydrogen (secondary N) is 1. The fourth-order valence-electron chi connectivity index (χ4n) is 1.34. The molecule has 1 aromatic rings. The lowest BCUT2D eigenvalue weighted by atomic mass is 10.2. The van der Waals surface area contributed by atoms with Crippen LogP contribution in [-0.4, -0.2) is 21.6 Å². The van der Waals surface area contributed by atoms with Crippen molar-refractivity contribution in [2.75, 3.05) is 0 Å². The molecule has 1 amide bonds. The van der Waals surface area contributed by atoms with Crippen LogP contribution < -0.4 is 11.1 Å². The highest BCUT2D eigenvalue weighted by molar-refractivity contribution is 6.04. The van der Waals surface area contributed by atoms with Gasteiger partial charge in [-0.1, -0.05) is 0 Å². The van der Waals surface area contributed by atoms with Crippen molar-refractivity contribution in [2.24, 2.45) is 10.7 Å². The Hall–Kier alpha value is -1.85. The van der Waals surface area contributed by atoms with Gasteiger partial charge in [0.1, 0.15) is 0 Å². The molecule has 0 aromatic carbocycles. The second kappa shape index (κ2) is 3.13. The van der Waals surface area contributed by atoms with Crippen molar-refractivity contribution in [2.45, 2.75) is 19.5 Å². The van der Waals surface area contributed by atoms with Gasteiger partial charge in [0.25, 0.3) is 5.91 Å². The van der Waals surface area contributed by atoms with E-state index in [-0.39, 0.29) is 11.9 Å². The molecule has 2 rings (SSSR count). The first-order valence-corrected chi connectivity index (χ1v) is 4.37. The number of aromatic nitrogens is 2. The van der Waals surface area contributed by atoms with Crippen LogP contribution in [0.4, 0.5) is 0 Å². The third kappa shape index (κ3) is 1.34. The fraction of sp³-hybridized carbons (Fsp3) is 0.375. The molecule has 6 nitrogen and oxygen atoms in total. The predicted molar refractivity (Wildman–Crippen MR) is 50.4 cm³/mol. The van der Waals surface area contributed by atoms with Crippen LogP contribution in [0.15, 0.2) is 17.4 Å². The van der Waals surface area contributed by atoms with E-state index in [1.54, 1.807) is 17.1 Å². The van der Waals surface area contributed by atoms with Gasteiger partial charge < -0.3 is 5.73 Å². The van der Waals surface area contributed by atoms with Crippen molar-refractivity contribution < 1.29 is 4.79 Å². The number of rotatable bonds is 2. The smallest absolute Gasteiger partial charge is 0.256 e. The van der Waals surface area contributed by atoms with E-state index in [0.29, 0.717) is 0 Å². The zero-order valence-electron chi connectivity index (χ0n) is 7.77. The SMILES string of the molecule is CCn1cc(C2N=C(N)NC2=O)cn1. The molecule has 0 radical (unpaired) electrons. The van der Waals surface area contributed by atoms with Gasteiger partial charge in [-0.25, -0.2) is 4.99 Å². The van der Waals surface area contributed by atoms with E-state index in [1.807, 2.05) is 6.92 Å². The van der Waals surface area contributed by atoms with Gasteiger partial charge in [-0.2, -0.15) is 5.10 Å². The monoisotopic (exact) mass is 193 g/mol. The number of carbonyl (C=O) groups excluding carboxylic acids is 1. The minimum atomic E-state index is -0.532. The molecule has 6 heteroatoms. The number of aryl methyl sites for hydroxylation is 1. The molecule has 3 N–H and O–H groups in total. The molecule has 1 atom stereocenters. The molecular weight excluding hydrogens is 182 g/mol. The third-order valence-electron chi connectivity index (χ3n) is 2.06. The molecule has 2 heterocycles. The summed E-state index contributed by atoms with van der Waals surface area (Å²) in [6.45, 7) is 2.75. The average Bonchev–Trinajstić information content (AvgIpc) is 2.71. The van der Waals surface area contributed by atoms with Crippen LogP contribution in [0, 0.1) is 0 Å². The van der Waals surface area contributed by atoms with Crippen LogP contribution in [0.3, 0.4) is 0 Å². The molecule has 1 aliphatic heterocycles. The Morgan fingerprint density at radius 3 is 3.00 bits per heavy atom. The number of nitrogens with two attached hydrogens (primary N) is 1. The van der Waals surface area contributed by atoms with Gasteiger partial charge in [0.2, 0.25) is 0 Å². The summed E-state index contributed by atoms with van der Waals surface area (Å²) >= 11 is 0.